The number of carbonyl (C=O) groups excluding carboxylic acids is 1. The van der Waals surface area contributed by atoms with Gasteiger partial charge in [-0.05, 0) is 5.92 Å². The van der Waals surface area contributed by atoms with Crippen LogP contribution in [0.15, 0.2) is 0 Å². The molecule has 0 bridgehead atoms. The number of hydrogen-bond acceptors (Lipinski definition) is 6. The van der Waals surface area contributed by atoms with Gasteiger partial charge in [-0.3, -0.25) is 0 Å². The zero-order valence-electron chi connectivity index (χ0n) is 12.6. The third-order valence-electron chi connectivity index (χ3n) is 2.07. The van der Waals surface area contributed by atoms with Gasteiger partial charge in [0.05, 0.1) is 46.2 Å². The van der Waals surface area contributed by atoms with Crippen LogP contribution in [-0.2, 0) is 18.9 Å². The molecule has 0 fully saturated rings. The molecule has 0 radical (unpaired) electrons. The van der Waals surface area contributed by atoms with Crippen LogP contribution in [0.25, 0.3) is 0 Å². The Bertz CT molecular complexity index is 227. The maximum Gasteiger partial charge on any atom is 0.407 e. The van der Waals surface area contributed by atoms with E-state index in [0.29, 0.717) is 65.3 Å². The second-order valence-corrected chi connectivity index (χ2v) is 4.54. The summed E-state index contributed by atoms with van der Waals surface area (Å²) < 4.78 is 20.6. The Morgan fingerprint density at radius 2 is 1.55 bits per heavy atom. The van der Waals surface area contributed by atoms with Crippen molar-refractivity contribution in [3.05, 3.63) is 0 Å². The van der Waals surface area contributed by atoms with Gasteiger partial charge in [0.25, 0.3) is 0 Å². The van der Waals surface area contributed by atoms with Gasteiger partial charge in [-0.1, -0.05) is 13.8 Å². The minimum Gasteiger partial charge on any atom is -0.449 e. The average Bonchev–Trinajstić information content (AvgIpc) is 2.42. The molecule has 0 aromatic heterocycles. The molecule has 0 saturated carbocycles. The number of carbonyl (C=O) groups is 1. The molecule has 0 saturated heterocycles. The molecule has 0 atom stereocenters. The van der Waals surface area contributed by atoms with Crippen LogP contribution < -0.4 is 11.1 Å². The lowest BCUT2D eigenvalue weighted by atomic mass is 10.2. The molecule has 1 amide bonds. The standard InChI is InChI=1S/C13H28N2O5/c1-12(2)11-20-13(16)15-4-6-18-8-10-19-9-7-17-5-3-14/h12H,3-11,14H2,1-2H3,(H,15,16). The summed E-state index contributed by atoms with van der Waals surface area (Å²) in [5.41, 5.74) is 5.27. The molecule has 0 aromatic carbocycles. The fourth-order valence-electron chi connectivity index (χ4n) is 1.14. The number of alkyl carbamates (subject to hydrolysis) is 1. The van der Waals surface area contributed by atoms with Gasteiger partial charge in [0.1, 0.15) is 0 Å². The highest BCUT2D eigenvalue weighted by Gasteiger charge is 2.02. The van der Waals surface area contributed by atoms with Gasteiger partial charge >= 0.3 is 6.09 Å². The highest BCUT2D eigenvalue weighted by Crippen LogP contribution is 1.92. The van der Waals surface area contributed by atoms with Crippen molar-refractivity contribution in [2.75, 3.05) is 59.3 Å². The number of hydrogen-bond donors (Lipinski definition) is 2. The van der Waals surface area contributed by atoms with E-state index in [-0.39, 0.29) is 0 Å². The van der Waals surface area contributed by atoms with E-state index >= 15 is 0 Å². The molecule has 0 rings (SSSR count). The quantitative estimate of drug-likeness (QED) is 0.477. The van der Waals surface area contributed by atoms with Crippen LogP contribution in [0.2, 0.25) is 0 Å². The van der Waals surface area contributed by atoms with E-state index in [1.165, 1.54) is 0 Å². The smallest absolute Gasteiger partial charge is 0.407 e. The molecule has 0 spiro atoms. The van der Waals surface area contributed by atoms with Crippen molar-refractivity contribution in [1.82, 2.24) is 5.32 Å². The molecule has 7 heteroatoms. The first kappa shape index (κ1) is 19.1. The van der Waals surface area contributed by atoms with Crippen LogP contribution >= 0.6 is 0 Å². The Labute approximate surface area is 121 Å². The van der Waals surface area contributed by atoms with Gasteiger partial charge in [0.2, 0.25) is 0 Å². The lowest BCUT2D eigenvalue weighted by Crippen LogP contribution is -2.29. The molecule has 7 nitrogen and oxygen atoms in total. The maximum atomic E-state index is 11.2. The lowest BCUT2D eigenvalue weighted by molar-refractivity contribution is 0.0164. The van der Waals surface area contributed by atoms with Gasteiger partial charge in [0, 0.05) is 13.1 Å². The van der Waals surface area contributed by atoms with E-state index in [2.05, 4.69) is 5.32 Å². The molecular weight excluding hydrogens is 264 g/mol. The molecule has 3 N–H and O–H groups in total. The maximum absolute atomic E-state index is 11.2. The average molecular weight is 292 g/mol. The van der Waals surface area contributed by atoms with E-state index in [4.69, 9.17) is 24.7 Å². The predicted molar refractivity (Wildman–Crippen MR) is 75.7 cm³/mol. The summed E-state index contributed by atoms with van der Waals surface area (Å²) in [6.45, 7) is 8.39. The van der Waals surface area contributed by atoms with Crippen LogP contribution in [-0.4, -0.2) is 65.4 Å². The molecule has 0 aliphatic carbocycles. The first-order chi connectivity index (χ1) is 9.66. The molecule has 20 heavy (non-hydrogen) atoms. The third kappa shape index (κ3) is 15.2. The first-order valence-corrected chi connectivity index (χ1v) is 7.00. The van der Waals surface area contributed by atoms with Crippen LogP contribution in [0.1, 0.15) is 13.8 Å². The van der Waals surface area contributed by atoms with Crippen molar-refractivity contribution in [3.8, 4) is 0 Å². The Morgan fingerprint density at radius 3 is 2.10 bits per heavy atom. The summed E-state index contributed by atoms with van der Waals surface area (Å²) in [6, 6.07) is 0. The number of ether oxygens (including phenoxy) is 4. The second-order valence-electron chi connectivity index (χ2n) is 4.54. The van der Waals surface area contributed by atoms with E-state index in [1.807, 2.05) is 13.8 Å². The topological polar surface area (TPSA) is 92.0 Å². The minimum absolute atomic E-state index is 0.336. The van der Waals surface area contributed by atoms with Crippen molar-refractivity contribution in [2.24, 2.45) is 11.7 Å². The van der Waals surface area contributed by atoms with Crippen LogP contribution in [0, 0.1) is 5.92 Å². The first-order valence-electron chi connectivity index (χ1n) is 7.00. The van der Waals surface area contributed by atoms with Crippen LogP contribution in [0.5, 0.6) is 0 Å². The van der Waals surface area contributed by atoms with Gasteiger partial charge in [-0.25, -0.2) is 4.79 Å². The summed E-state index contributed by atoms with van der Waals surface area (Å²) in [6.07, 6.45) is -0.407. The molecule has 0 aromatic rings. The van der Waals surface area contributed by atoms with Crippen LogP contribution in [0.4, 0.5) is 4.79 Å². The van der Waals surface area contributed by atoms with Crippen LogP contribution in [0.3, 0.4) is 0 Å². The summed E-state index contributed by atoms with van der Waals surface area (Å²) in [4.78, 5) is 11.2. The minimum atomic E-state index is -0.407. The monoisotopic (exact) mass is 292 g/mol. The number of nitrogens with two attached hydrogens (primary N) is 1. The normalized spacial score (nSPS) is 10.8. The van der Waals surface area contributed by atoms with Crippen molar-refractivity contribution in [2.45, 2.75) is 13.8 Å². The fraction of sp³-hybridized carbons (Fsp3) is 0.923. The second kappa shape index (κ2) is 14.5. The van der Waals surface area contributed by atoms with E-state index in [1.54, 1.807) is 0 Å². The highest BCUT2D eigenvalue weighted by atomic mass is 16.6. The van der Waals surface area contributed by atoms with Crippen molar-refractivity contribution >= 4 is 6.09 Å². The van der Waals surface area contributed by atoms with Crippen molar-refractivity contribution in [1.29, 1.82) is 0 Å². The van der Waals surface area contributed by atoms with Gasteiger partial charge in [-0.15, -0.1) is 0 Å². The molecule has 0 aliphatic heterocycles. The molecule has 120 valence electrons. The number of rotatable bonds is 13. The Kier molecular flexibility index (Phi) is 13.9. The van der Waals surface area contributed by atoms with E-state index in [9.17, 15) is 4.79 Å². The molecule has 0 heterocycles. The number of amides is 1. The largest absolute Gasteiger partial charge is 0.449 e. The fourth-order valence-corrected chi connectivity index (χ4v) is 1.14. The van der Waals surface area contributed by atoms with Gasteiger partial charge in [0.15, 0.2) is 0 Å². The zero-order chi connectivity index (χ0) is 15.1. The predicted octanol–water partition coefficient (Wildman–Crippen LogP) is 0.377. The van der Waals surface area contributed by atoms with Crippen molar-refractivity contribution in [3.63, 3.8) is 0 Å². The molecule has 0 unspecified atom stereocenters. The number of nitrogens with one attached hydrogen (secondary N) is 1. The van der Waals surface area contributed by atoms with Gasteiger partial charge in [-0.2, -0.15) is 0 Å². The summed E-state index contributed by atoms with van der Waals surface area (Å²) in [5, 5.41) is 2.60. The van der Waals surface area contributed by atoms with Crippen molar-refractivity contribution < 1.29 is 23.7 Å². The zero-order valence-corrected chi connectivity index (χ0v) is 12.6. The van der Waals surface area contributed by atoms with Gasteiger partial charge < -0.3 is 30.0 Å². The van der Waals surface area contributed by atoms with E-state index in [0.717, 1.165) is 0 Å². The highest BCUT2D eigenvalue weighted by molar-refractivity contribution is 5.67. The Hall–Kier alpha value is -0.890. The Morgan fingerprint density at radius 1 is 1.00 bits per heavy atom. The molecular formula is C13H28N2O5. The summed E-state index contributed by atoms with van der Waals surface area (Å²) >= 11 is 0. The van der Waals surface area contributed by atoms with E-state index < -0.39 is 6.09 Å². The third-order valence-corrected chi connectivity index (χ3v) is 2.07. The summed E-state index contributed by atoms with van der Waals surface area (Å²) in [5.74, 6) is 0.336. The summed E-state index contributed by atoms with van der Waals surface area (Å²) in [7, 11) is 0. The lowest BCUT2D eigenvalue weighted by Gasteiger charge is -2.09. The molecule has 0 aliphatic rings. The Balaban J connectivity index is 3.11. The SMILES string of the molecule is CC(C)COC(=O)NCCOCCOCCOCCN.